The molecule has 1 heterocycles. The minimum absolute atomic E-state index is 0.798. The summed E-state index contributed by atoms with van der Waals surface area (Å²) in [6.07, 6.45) is 10.7. The van der Waals surface area contributed by atoms with Crippen LogP contribution in [0.2, 0.25) is 0 Å². The largest absolute Gasteiger partial charge is 0.381 e. The summed E-state index contributed by atoms with van der Waals surface area (Å²) < 4.78 is 5.60. The van der Waals surface area contributed by atoms with Gasteiger partial charge in [0.05, 0.1) is 6.61 Å². The van der Waals surface area contributed by atoms with Crippen molar-refractivity contribution >= 4 is 0 Å². The molecule has 0 aromatic carbocycles. The molecule has 0 fully saturated rings. The summed E-state index contributed by atoms with van der Waals surface area (Å²) in [5.74, 6) is 0. The van der Waals surface area contributed by atoms with Gasteiger partial charge in [-0.25, -0.2) is 0 Å². The number of nitrogens with zero attached hydrogens (tertiary/aromatic N) is 1. The molecule has 0 unspecified atom stereocenters. The van der Waals surface area contributed by atoms with Crippen molar-refractivity contribution in [3.63, 3.8) is 0 Å². The normalized spacial score (nSPS) is 10.6. The fraction of sp³-hybridized carbons (Fsp3) is 0.667. The van der Waals surface area contributed by atoms with Crippen molar-refractivity contribution in [2.75, 3.05) is 13.2 Å². The van der Waals surface area contributed by atoms with Crippen LogP contribution in [-0.2, 0) is 11.2 Å². The molecule has 0 bridgehead atoms. The molecule has 1 aromatic heterocycles. The molecule has 1 rings (SSSR count). The van der Waals surface area contributed by atoms with Crippen molar-refractivity contribution in [1.82, 2.24) is 4.98 Å². The summed E-state index contributed by atoms with van der Waals surface area (Å²) in [6, 6.07) is 6.02. The standard InChI is InChI=1S/C15H25NO/c1-2-3-4-5-6-9-13-17-14-11-15-10-7-8-12-16-15/h7-8,10,12H,2-6,9,11,13-14H2,1H3. The van der Waals surface area contributed by atoms with Crippen LogP contribution in [0.4, 0.5) is 0 Å². The van der Waals surface area contributed by atoms with E-state index in [1.807, 2.05) is 24.4 Å². The van der Waals surface area contributed by atoms with E-state index >= 15 is 0 Å². The van der Waals surface area contributed by atoms with Gasteiger partial charge in [0.15, 0.2) is 0 Å². The molecule has 0 N–H and O–H groups in total. The van der Waals surface area contributed by atoms with Crippen LogP contribution in [0.5, 0.6) is 0 Å². The first-order valence-corrected chi connectivity index (χ1v) is 6.91. The highest BCUT2D eigenvalue weighted by Gasteiger charge is 1.94. The lowest BCUT2D eigenvalue weighted by atomic mass is 10.1. The molecule has 2 heteroatoms. The minimum atomic E-state index is 0.798. The van der Waals surface area contributed by atoms with Gasteiger partial charge in [-0.15, -0.1) is 0 Å². The molecule has 0 aliphatic heterocycles. The summed E-state index contributed by atoms with van der Waals surface area (Å²) >= 11 is 0. The van der Waals surface area contributed by atoms with Gasteiger partial charge in [0.25, 0.3) is 0 Å². The molecule has 0 atom stereocenters. The van der Waals surface area contributed by atoms with Crippen molar-refractivity contribution < 1.29 is 4.74 Å². The van der Waals surface area contributed by atoms with E-state index in [1.165, 1.54) is 38.5 Å². The highest BCUT2D eigenvalue weighted by atomic mass is 16.5. The Balaban J connectivity index is 1.85. The zero-order valence-corrected chi connectivity index (χ0v) is 11.0. The van der Waals surface area contributed by atoms with Gasteiger partial charge in [-0.2, -0.15) is 0 Å². The molecule has 1 aromatic rings. The third-order valence-corrected chi connectivity index (χ3v) is 2.87. The summed E-state index contributed by atoms with van der Waals surface area (Å²) in [7, 11) is 0. The van der Waals surface area contributed by atoms with Crippen molar-refractivity contribution in [3.05, 3.63) is 30.1 Å². The van der Waals surface area contributed by atoms with E-state index in [-0.39, 0.29) is 0 Å². The van der Waals surface area contributed by atoms with Gasteiger partial charge >= 0.3 is 0 Å². The van der Waals surface area contributed by atoms with Crippen LogP contribution >= 0.6 is 0 Å². The average molecular weight is 235 g/mol. The van der Waals surface area contributed by atoms with E-state index in [4.69, 9.17) is 4.74 Å². The predicted octanol–water partition coefficient (Wildman–Crippen LogP) is 4.00. The Morgan fingerprint density at radius 3 is 2.59 bits per heavy atom. The van der Waals surface area contributed by atoms with E-state index in [2.05, 4.69) is 11.9 Å². The Morgan fingerprint density at radius 1 is 1.00 bits per heavy atom. The second-order valence-corrected chi connectivity index (χ2v) is 4.45. The average Bonchev–Trinajstić information content (AvgIpc) is 2.38. The van der Waals surface area contributed by atoms with Gasteiger partial charge in [0, 0.05) is 24.9 Å². The third kappa shape index (κ3) is 7.92. The van der Waals surface area contributed by atoms with Crippen LogP contribution in [0, 0.1) is 0 Å². The molecule has 0 aliphatic carbocycles. The van der Waals surface area contributed by atoms with Crippen LogP contribution in [0.15, 0.2) is 24.4 Å². The fourth-order valence-electron chi connectivity index (χ4n) is 1.81. The van der Waals surface area contributed by atoms with Gasteiger partial charge < -0.3 is 4.74 Å². The smallest absolute Gasteiger partial charge is 0.0521 e. The molecule has 0 saturated heterocycles. The summed E-state index contributed by atoms with van der Waals surface area (Å²) in [6.45, 7) is 3.95. The second kappa shape index (κ2) is 10.3. The molecule has 2 nitrogen and oxygen atoms in total. The molecule has 0 aliphatic rings. The number of rotatable bonds is 10. The summed E-state index contributed by atoms with van der Waals surface area (Å²) in [4.78, 5) is 4.27. The van der Waals surface area contributed by atoms with Gasteiger partial charge in [-0.1, -0.05) is 45.1 Å². The number of aromatic nitrogens is 1. The van der Waals surface area contributed by atoms with Gasteiger partial charge in [-0.05, 0) is 18.6 Å². The first-order chi connectivity index (χ1) is 8.43. The number of hydrogen-bond acceptors (Lipinski definition) is 2. The second-order valence-electron chi connectivity index (χ2n) is 4.45. The molecule has 0 saturated carbocycles. The first-order valence-electron chi connectivity index (χ1n) is 6.91. The van der Waals surface area contributed by atoms with Crippen LogP contribution in [0.1, 0.15) is 51.1 Å². The summed E-state index contributed by atoms with van der Waals surface area (Å²) in [5, 5.41) is 0. The lowest BCUT2D eigenvalue weighted by Gasteiger charge is -2.04. The number of hydrogen-bond donors (Lipinski definition) is 0. The van der Waals surface area contributed by atoms with Crippen molar-refractivity contribution in [2.45, 2.75) is 51.9 Å². The highest BCUT2D eigenvalue weighted by molar-refractivity contribution is 5.03. The van der Waals surface area contributed by atoms with Gasteiger partial charge in [0.2, 0.25) is 0 Å². The maximum absolute atomic E-state index is 5.60. The topological polar surface area (TPSA) is 22.1 Å². The van der Waals surface area contributed by atoms with E-state index < -0.39 is 0 Å². The van der Waals surface area contributed by atoms with Crippen molar-refractivity contribution in [1.29, 1.82) is 0 Å². The Morgan fingerprint density at radius 2 is 1.82 bits per heavy atom. The molecule has 17 heavy (non-hydrogen) atoms. The number of pyridine rings is 1. The third-order valence-electron chi connectivity index (χ3n) is 2.87. The zero-order valence-electron chi connectivity index (χ0n) is 11.0. The SMILES string of the molecule is CCCCCCCCOCCc1ccccn1. The molecule has 96 valence electrons. The van der Waals surface area contributed by atoms with Crippen LogP contribution in [0.3, 0.4) is 0 Å². The Labute approximate surface area is 105 Å². The molecule has 0 spiro atoms. The van der Waals surface area contributed by atoms with Gasteiger partial charge in [-0.3, -0.25) is 4.98 Å². The molecule has 0 amide bonds. The highest BCUT2D eigenvalue weighted by Crippen LogP contribution is 2.05. The number of unbranched alkanes of at least 4 members (excludes halogenated alkanes) is 5. The lowest BCUT2D eigenvalue weighted by molar-refractivity contribution is 0.132. The van der Waals surface area contributed by atoms with Crippen molar-refractivity contribution in [2.24, 2.45) is 0 Å². The fourth-order valence-corrected chi connectivity index (χ4v) is 1.81. The van der Waals surface area contributed by atoms with Crippen LogP contribution in [-0.4, -0.2) is 18.2 Å². The molecule has 0 radical (unpaired) electrons. The van der Waals surface area contributed by atoms with E-state index in [1.54, 1.807) is 0 Å². The van der Waals surface area contributed by atoms with Gasteiger partial charge in [0.1, 0.15) is 0 Å². The maximum Gasteiger partial charge on any atom is 0.0521 e. The van der Waals surface area contributed by atoms with Crippen molar-refractivity contribution in [3.8, 4) is 0 Å². The van der Waals surface area contributed by atoms with E-state index in [0.717, 1.165) is 25.3 Å². The van der Waals surface area contributed by atoms with Crippen LogP contribution in [0.25, 0.3) is 0 Å². The molecular formula is C15H25NO. The summed E-state index contributed by atoms with van der Waals surface area (Å²) in [5.41, 5.74) is 1.12. The maximum atomic E-state index is 5.60. The predicted molar refractivity (Wildman–Crippen MR) is 72.1 cm³/mol. The Bertz CT molecular complexity index is 261. The Hall–Kier alpha value is -0.890. The quantitative estimate of drug-likeness (QED) is 0.572. The monoisotopic (exact) mass is 235 g/mol. The van der Waals surface area contributed by atoms with E-state index in [0.29, 0.717) is 0 Å². The number of ether oxygens (including phenoxy) is 1. The first kappa shape index (κ1) is 14.2. The lowest BCUT2D eigenvalue weighted by Crippen LogP contribution is -2.01. The van der Waals surface area contributed by atoms with E-state index in [9.17, 15) is 0 Å². The zero-order chi connectivity index (χ0) is 12.2. The molecular weight excluding hydrogens is 210 g/mol. The minimum Gasteiger partial charge on any atom is -0.381 e. The van der Waals surface area contributed by atoms with Crippen LogP contribution < -0.4 is 0 Å². The Kier molecular flexibility index (Phi) is 8.57.